The van der Waals surface area contributed by atoms with Crippen molar-refractivity contribution in [2.45, 2.75) is 51.2 Å². The molecule has 0 radical (unpaired) electrons. The van der Waals surface area contributed by atoms with E-state index >= 15 is 0 Å². The highest BCUT2D eigenvalue weighted by molar-refractivity contribution is 5.85. The molecular weight excluding hydrogens is 210 g/mol. The van der Waals surface area contributed by atoms with E-state index in [1.807, 2.05) is 0 Å². The van der Waals surface area contributed by atoms with Gasteiger partial charge >= 0.3 is 5.97 Å². The summed E-state index contributed by atoms with van der Waals surface area (Å²) in [4.78, 5) is 22.7. The molecule has 0 bridgehead atoms. The summed E-state index contributed by atoms with van der Waals surface area (Å²) in [6.45, 7) is 1.88. The number of aliphatic hydroxyl groups excluding tert-OH is 1. The number of aliphatic hydroxyl groups is 1. The van der Waals surface area contributed by atoms with E-state index < -0.39 is 18.1 Å². The van der Waals surface area contributed by atoms with Gasteiger partial charge in [0.15, 0.2) is 0 Å². The number of rotatable bonds is 6. The van der Waals surface area contributed by atoms with Crippen LogP contribution in [-0.2, 0) is 14.3 Å². The van der Waals surface area contributed by atoms with Crippen molar-refractivity contribution in [2.24, 2.45) is 0 Å². The van der Waals surface area contributed by atoms with Gasteiger partial charge in [0.25, 0.3) is 0 Å². The Labute approximate surface area is 95.2 Å². The number of ether oxygens (including phenoxy) is 1. The molecular formula is C11H19NO4. The Bertz CT molecular complexity index is 254. The Balaban J connectivity index is 2.26. The molecule has 2 atom stereocenters. The molecule has 0 spiro atoms. The van der Waals surface area contributed by atoms with E-state index in [1.54, 1.807) is 0 Å². The van der Waals surface area contributed by atoms with Gasteiger partial charge in [0.2, 0.25) is 5.91 Å². The number of nitrogens with one attached hydrogen (secondary N) is 1. The lowest BCUT2D eigenvalue weighted by Gasteiger charge is -2.08. The van der Waals surface area contributed by atoms with Gasteiger partial charge in [-0.15, -0.1) is 0 Å². The Kier molecular flexibility index (Phi) is 5.25. The molecule has 1 aliphatic heterocycles. The SMILES string of the molecule is CCCCCC(=O)N[C@H]1C[C@H](CO)OC1=O. The molecule has 1 fully saturated rings. The van der Waals surface area contributed by atoms with Crippen LogP contribution in [0.4, 0.5) is 0 Å². The Hall–Kier alpha value is -1.10. The van der Waals surface area contributed by atoms with Crippen LogP contribution in [0.3, 0.4) is 0 Å². The van der Waals surface area contributed by atoms with E-state index in [0.29, 0.717) is 12.8 Å². The predicted molar refractivity (Wildman–Crippen MR) is 57.7 cm³/mol. The van der Waals surface area contributed by atoms with E-state index in [1.165, 1.54) is 0 Å². The van der Waals surface area contributed by atoms with Crippen molar-refractivity contribution in [3.63, 3.8) is 0 Å². The highest BCUT2D eigenvalue weighted by Gasteiger charge is 2.34. The minimum absolute atomic E-state index is 0.117. The highest BCUT2D eigenvalue weighted by Crippen LogP contribution is 2.14. The molecule has 0 aromatic heterocycles. The zero-order valence-electron chi connectivity index (χ0n) is 9.57. The van der Waals surface area contributed by atoms with Crippen LogP contribution >= 0.6 is 0 Å². The third kappa shape index (κ3) is 3.81. The molecule has 0 aliphatic carbocycles. The molecule has 5 heteroatoms. The number of carbonyl (C=O) groups is 2. The smallest absolute Gasteiger partial charge is 0.329 e. The van der Waals surface area contributed by atoms with Crippen molar-refractivity contribution in [1.29, 1.82) is 0 Å². The van der Waals surface area contributed by atoms with Crippen LogP contribution in [0.15, 0.2) is 0 Å². The van der Waals surface area contributed by atoms with Gasteiger partial charge in [-0.3, -0.25) is 4.79 Å². The monoisotopic (exact) mass is 229 g/mol. The summed E-state index contributed by atoms with van der Waals surface area (Å²) in [5, 5.41) is 11.4. The first-order chi connectivity index (χ1) is 7.67. The Morgan fingerprint density at radius 1 is 1.56 bits per heavy atom. The first-order valence-electron chi connectivity index (χ1n) is 5.78. The molecule has 0 unspecified atom stereocenters. The van der Waals surface area contributed by atoms with E-state index in [0.717, 1.165) is 19.3 Å². The number of carbonyl (C=O) groups excluding carboxylic acids is 2. The fourth-order valence-corrected chi connectivity index (χ4v) is 1.69. The fourth-order valence-electron chi connectivity index (χ4n) is 1.69. The average Bonchev–Trinajstić information content (AvgIpc) is 2.60. The number of hydrogen-bond donors (Lipinski definition) is 2. The van der Waals surface area contributed by atoms with Crippen LogP contribution < -0.4 is 5.32 Å². The molecule has 5 nitrogen and oxygen atoms in total. The Morgan fingerprint density at radius 2 is 2.31 bits per heavy atom. The maximum atomic E-state index is 11.4. The van der Waals surface area contributed by atoms with Crippen molar-refractivity contribution in [2.75, 3.05) is 6.61 Å². The largest absolute Gasteiger partial charge is 0.458 e. The van der Waals surface area contributed by atoms with Crippen LogP contribution in [0.5, 0.6) is 0 Å². The molecule has 16 heavy (non-hydrogen) atoms. The van der Waals surface area contributed by atoms with E-state index in [9.17, 15) is 9.59 Å². The summed E-state index contributed by atoms with van der Waals surface area (Å²) < 4.78 is 4.85. The van der Waals surface area contributed by atoms with Crippen LogP contribution in [0.1, 0.15) is 39.0 Å². The third-order valence-electron chi connectivity index (χ3n) is 2.61. The van der Waals surface area contributed by atoms with Crippen LogP contribution in [0.2, 0.25) is 0 Å². The van der Waals surface area contributed by atoms with Gasteiger partial charge in [-0.1, -0.05) is 19.8 Å². The number of esters is 1. The number of cyclic esters (lactones) is 1. The lowest BCUT2D eigenvalue weighted by Crippen LogP contribution is -2.37. The normalized spacial score (nSPS) is 24.2. The van der Waals surface area contributed by atoms with E-state index in [4.69, 9.17) is 9.84 Å². The first-order valence-corrected chi connectivity index (χ1v) is 5.78. The molecule has 0 saturated carbocycles. The van der Waals surface area contributed by atoms with E-state index in [-0.39, 0.29) is 12.5 Å². The average molecular weight is 229 g/mol. The van der Waals surface area contributed by atoms with Gasteiger partial charge in [0, 0.05) is 12.8 Å². The van der Waals surface area contributed by atoms with Gasteiger partial charge in [-0.25, -0.2) is 4.79 Å². The number of hydrogen-bond acceptors (Lipinski definition) is 4. The maximum Gasteiger partial charge on any atom is 0.329 e. The molecule has 1 aliphatic rings. The van der Waals surface area contributed by atoms with Crippen LogP contribution in [0.25, 0.3) is 0 Å². The second kappa shape index (κ2) is 6.48. The van der Waals surface area contributed by atoms with Crippen molar-refractivity contribution in [3.8, 4) is 0 Å². The van der Waals surface area contributed by atoms with E-state index in [2.05, 4.69) is 12.2 Å². The minimum Gasteiger partial charge on any atom is -0.458 e. The summed E-state index contributed by atoms with van der Waals surface area (Å²) in [6.07, 6.45) is 3.27. The van der Waals surface area contributed by atoms with Crippen molar-refractivity contribution < 1.29 is 19.4 Å². The van der Waals surface area contributed by atoms with Gasteiger partial charge in [0.1, 0.15) is 12.1 Å². The topological polar surface area (TPSA) is 75.6 Å². The minimum atomic E-state index is -0.578. The van der Waals surface area contributed by atoms with Gasteiger partial charge < -0.3 is 15.2 Å². The summed E-state index contributed by atoms with van der Waals surface area (Å²) in [5.41, 5.74) is 0. The second-order valence-electron chi connectivity index (χ2n) is 4.05. The summed E-state index contributed by atoms with van der Waals surface area (Å²) in [6, 6.07) is -0.578. The molecule has 1 rings (SSSR count). The maximum absolute atomic E-state index is 11.4. The quantitative estimate of drug-likeness (QED) is 0.509. The summed E-state index contributed by atoms with van der Waals surface area (Å²) in [5.74, 6) is -0.558. The van der Waals surface area contributed by atoms with Crippen LogP contribution in [0, 0.1) is 0 Å². The lowest BCUT2D eigenvalue weighted by molar-refractivity contribution is -0.145. The number of amides is 1. The zero-order chi connectivity index (χ0) is 12.0. The highest BCUT2D eigenvalue weighted by atomic mass is 16.6. The molecule has 1 saturated heterocycles. The Morgan fingerprint density at radius 3 is 2.88 bits per heavy atom. The molecule has 1 amide bonds. The van der Waals surface area contributed by atoms with Crippen molar-refractivity contribution in [3.05, 3.63) is 0 Å². The van der Waals surface area contributed by atoms with Gasteiger partial charge in [0.05, 0.1) is 6.61 Å². The lowest BCUT2D eigenvalue weighted by atomic mass is 10.1. The molecule has 2 N–H and O–H groups in total. The molecule has 0 aromatic rings. The predicted octanol–water partition coefficient (Wildman–Crippen LogP) is 0.359. The zero-order valence-corrected chi connectivity index (χ0v) is 9.57. The van der Waals surface area contributed by atoms with Crippen molar-refractivity contribution >= 4 is 11.9 Å². The van der Waals surface area contributed by atoms with Gasteiger partial charge in [-0.2, -0.15) is 0 Å². The third-order valence-corrected chi connectivity index (χ3v) is 2.61. The summed E-state index contributed by atoms with van der Waals surface area (Å²) in [7, 11) is 0. The molecule has 92 valence electrons. The second-order valence-corrected chi connectivity index (χ2v) is 4.05. The fraction of sp³-hybridized carbons (Fsp3) is 0.818. The first kappa shape index (κ1) is 13.0. The van der Waals surface area contributed by atoms with Crippen LogP contribution in [-0.4, -0.2) is 35.7 Å². The standard InChI is InChI=1S/C11H19NO4/c1-2-3-4-5-10(14)12-9-6-8(7-13)16-11(9)15/h8-9,13H,2-7H2,1H3,(H,12,14)/t8-,9+/m1/s1. The van der Waals surface area contributed by atoms with Gasteiger partial charge in [-0.05, 0) is 6.42 Å². The summed E-state index contributed by atoms with van der Waals surface area (Å²) >= 11 is 0. The molecule has 1 heterocycles. The number of unbranched alkanes of at least 4 members (excludes halogenated alkanes) is 2. The molecule has 0 aromatic carbocycles. The van der Waals surface area contributed by atoms with Crippen molar-refractivity contribution in [1.82, 2.24) is 5.32 Å².